The molecule has 1 aliphatic rings. The number of pyridine rings is 1. The lowest BCUT2D eigenvalue weighted by atomic mass is 9.80. The summed E-state index contributed by atoms with van der Waals surface area (Å²) in [6.07, 6.45) is 3.73. The first-order chi connectivity index (χ1) is 8.78. The second kappa shape index (κ2) is 3.74. The Bertz CT molecular complexity index is 620. The first-order valence-electron chi connectivity index (χ1n) is 6.38. The van der Waals surface area contributed by atoms with Crippen LogP contribution in [0.1, 0.15) is 27.7 Å². The van der Waals surface area contributed by atoms with Gasteiger partial charge in [-0.25, -0.2) is 4.98 Å². The zero-order chi connectivity index (χ0) is 13.8. The number of nitrogen functional groups attached to an aromatic ring is 1. The van der Waals surface area contributed by atoms with E-state index in [1.165, 1.54) is 0 Å². The summed E-state index contributed by atoms with van der Waals surface area (Å²) in [6, 6.07) is 3.88. The lowest BCUT2D eigenvalue weighted by Crippen LogP contribution is -2.41. The summed E-state index contributed by atoms with van der Waals surface area (Å²) in [5.74, 6) is 0.506. The van der Waals surface area contributed by atoms with E-state index < -0.39 is 0 Å². The second-order valence-electron chi connectivity index (χ2n) is 5.98. The number of nitrogens with two attached hydrogens (primary N) is 1. The molecule has 2 aromatic rings. The van der Waals surface area contributed by atoms with Crippen LogP contribution in [-0.4, -0.2) is 27.7 Å². The van der Waals surface area contributed by atoms with Crippen LogP contribution in [-0.2, 0) is 9.31 Å². The molecule has 100 valence electrons. The molecule has 0 unspecified atom stereocenters. The SMILES string of the molecule is CC1(C)OB(c2ccc3nc(N)cn3c2)OC1(C)C. The minimum atomic E-state index is -0.363. The van der Waals surface area contributed by atoms with Crippen molar-refractivity contribution in [2.24, 2.45) is 0 Å². The highest BCUT2D eigenvalue weighted by Gasteiger charge is 2.51. The lowest BCUT2D eigenvalue weighted by molar-refractivity contribution is 0.00578. The maximum absolute atomic E-state index is 6.02. The average Bonchev–Trinajstić information content (AvgIpc) is 2.74. The molecule has 3 rings (SSSR count). The Labute approximate surface area is 112 Å². The molecule has 1 fully saturated rings. The fourth-order valence-corrected chi connectivity index (χ4v) is 2.15. The van der Waals surface area contributed by atoms with Crippen molar-refractivity contribution in [1.82, 2.24) is 9.38 Å². The van der Waals surface area contributed by atoms with E-state index in [1.807, 2.05) is 50.4 Å². The molecular formula is C13H18BN3O2. The van der Waals surface area contributed by atoms with Gasteiger partial charge in [0.25, 0.3) is 0 Å². The predicted molar refractivity (Wildman–Crippen MR) is 75.3 cm³/mol. The van der Waals surface area contributed by atoms with Crippen LogP contribution in [0.15, 0.2) is 24.5 Å². The molecule has 2 aromatic heterocycles. The van der Waals surface area contributed by atoms with E-state index in [4.69, 9.17) is 15.0 Å². The summed E-state index contributed by atoms with van der Waals surface area (Å²) >= 11 is 0. The minimum Gasteiger partial charge on any atom is -0.399 e. The maximum atomic E-state index is 6.02. The maximum Gasteiger partial charge on any atom is 0.496 e. The van der Waals surface area contributed by atoms with Gasteiger partial charge in [0.1, 0.15) is 11.5 Å². The number of anilines is 1. The molecule has 5 nitrogen and oxygen atoms in total. The summed E-state index contributed by atoms with van der Waals surface area (Å²) in [4.78, 5) is 4.20. The van der Waals surface area contributed by atoms with Crippen molar-refractivity contribution >= 4 is 24.0 Å². The number of fused-ring (bicyclic) bond motifs is 1. The first kappa shape index (κ1) is 12.5. The molecular weight excluding hydrogens is 241 g/mol. The Morgan fingerprint density at radius 2 is 1.74 bits per heavy atom. The van der Waals surface area contributed by atoms with Gasteiger partial charge in [-0.15, -0.1) is 0 Å². The van der Waals surface area contributed by atoms with Crippen LogP contribution in [0.25, 0.3) is 5.65 Å². The Morgan fingerprint density at radius 1 is 1.11 bits per heavy atom. The van der Waals surface area contributed by atoms with Crippen molar-refractivity contribution in [1.29, 1.82) is 0 Å². The van der Waals surface area contributed by atoms with Gasteiger partial charge in [0.05, 0.1) is 17.4 Å². The quantitative estimate of drug-likeness (QED) is 0.782. The van der Waals surface area contributed by atoms with Gasteiger partial charge in [-0.3, -0.25) is 0 Å². The lowest BCUT2D eigenvalue weighted by Gasteiger charge is -2.32. The molecule has 0 bridgehead atoms. The zero-order valence-electron chi connectivity index (χ0n) is 11.7. The van der Waals surface area contributed by atoms with E-state index in [1.54, 1.807) is 6.20 Å². The number of hydrogen-bond acceptors (Lipinski definition) is 4. The van der Waals surface area contributed by atoms with E-state index in [2.05, 4.69) is 4.98 Å². The summed E-state index contributed by atoms with van der Waals surface area (Å²) in [7, 11) is -0.363. The van der Waals surface area contributed by atoms with E-state index in [9.17, 15) is 0 Å². The van der Waals surface area contributed by atoms with Crippen molar-refractivity contribution < 1.29 is 9.31 Å². The van der Waals surface area contributed by atoms with Gasteiger partial charge >= 0.3 is 7.12 Å². The second-order valence-corrected chi connectivity index (χ2v) is 5.98. The van der Waals surface area contributed by atoms with Gasteiger partial charge in [-0.2, -0.15) is 0 Å². The van der Waals surface area contributed by atoms with Crippen LogP contribution >= 0.6 is 0 Å². The van der Waals surface area contributed by atoms with Crippen molar-refractivity contribution in [3.8, 4) is 0 Å². The molecule has 1 saturated heterocycles. The highest BCUT2D eigenvalue weighted by molar-refractivity contribution is 6.62. The number of nitrogens with zero attached hydrogens (tertiary/aromatic N) is 2. The summed E-state index contributed by atoms with van der Waals surface area (Å²) in [5, 5.41) is 0. The third-order valence-electron chi connectivity index (χ3n) is 4.02. The molecule has 19 heavy (non-hydrogen) atoms. The Kier molecular flexibility index (Phi) is 2.46. The van der Waals surface area contributed by atoms with Gasteiger partial charge in [0.15, 0.2) is 0 Å². The van der Waals surface area contributed by atoms with Gasteiger partial charge < -0.3 is 19.4 Å². The summed E-state index contributed by atoms with van der Waals surface area (Å²) in [6.45, 7) is 8.17. The van der Waals surface area contributed by atoms with Gasteiger partial charge in [-0.05, 0) is 39.2 Å². The Balaban J connectivity index is 1.97. The summed E-state index contributed by atoms with van der Waals surface area (Å²) < 4.78 is 13.9. The number of rotatable bonds is 1. The molecule has 2 N–H and O–H groups in total. The van der Waals surface area contributed by atoms with Crippen LogP contribution in [0.2, 0.25) is 0 Å². The van der Waals surface area contributed by atoms with Crippen LogP contribution in [0, 0.1) is 0 Å². The third kappa shape index (κ3) is 1.91. The fraction of sp³-hybridized carbons (Fsp3) is 0.462. The smallest absolute Gasteiger partial charge is 0.399 e. The first-order valence-corrected chi connectivity index (χ1v) is 6.38. The van der Waals surface area contributed by atoms with Crippen LogP contribution in [0.4, 0.5) is 5.82 Å². The number of hydrogen-bond donors (Lipinski definition) is 1. The Hall–Kier alpha value is -1.53. The fourth-order valence-electron chi connectivity index (χ4n) is 2.15. The predicted octanol–water partition coefficient (Wildman–Crippen LogP) is 1.22. The zero-order valence-corrected chi connectivity index (χ0v) is 11.7. The minimum absolute atomic E-state index is 0.333. The Morgan fingerprint density at radius 3 is 2.37 bits per heavy atom. The van der Waals surface area contributed by atoms with Gasteiger partial charge in [0, 0.05) is 6.20 Å². The van der Waals surface area contributed by atoms with E-state index >= 15 is 0 Å². The number of aromatic nitrogens is 2. The van der Waals surface area contributed by atoms with Crippen LogP contribution < -0.4 is 11.2 Å². The van der Waals surface area contributed by atoms with Crippen molar-refractivity contribution in [2.45, 2.75) is 38.9 Å². The van der Waals surface area contributed by atoms with E-state index in [-0.39, 0.29) is 18.3 Å². The molecule has 6 heteroatoms. The van der Waals surface area contributed by atoms with Crippen molar-refractivity contribution in [2.75, 3.05) is 5.73 Å². The highest BCUT2D eigenvalue weighted by Crippen LogP contribution is 2.36. The molecule has 0 aromatic carbocycles. The van der Waals surface area contributed by atoms with Crippen molar-refractivity contribution in [3.63, 3.8) is 0 Å². The van der Waals surface area contributed by atoms with E-state index in [0.29, 0.717) is 5.82 Å². The number of imidazole rings is 1. The van der Waals surface area contributed by atoms with Gasteiger partial charge in [0.2, 0.25) is 0 Å². The molecule has 0 aliphatic carbocycles. The molecule has 0 spiro atoms. The van der Waals surface area contributed by atoms with Crippen molar-refractivity contribution in [3.05, 3.63) is 24.5 Å². The molecule has 0 saturated carbocycles. The van der Waals surface area contributed by atoms with Crippen LogP contribution in [0.5, 0.6) is 0 Å². The van der Waals surface area contributed by atoms with Crippen LogP contribution in [0.3, 0.4) is 0 Å². The molecule has 0 amide bonds. The molecule has 1 aliphatic heterocycles. The molecule has 0 radical (unpaired) electrons. The third-order valence-corrected chi connectivity index (χ3v) is 4.02. The monoisotopic (exact) mass is 259 g/mol. The topological polar surface area (TPSA) is 61.8 Å². The van der Waals surface area contributed by atoms with E-state index in [0.717, 1.165) is 11.1 Å². The molecule has 0 atom stereocenters. The normalized spacial score (nSPS) is 21.2. The summed E-state index contributed by atoms with van der Waals surface area (Å²) in [5.41, 5.74) is 6.80. The molecule has 3 heterocycles. The average molecular weight is 259 g/mol. The highest BCUT2D eigenvalue weighted by atomic mass is 16.7. The standard InChI is InChI=1S/C13H18BN3O2/c1-12(2)13(3,4)19-14(18-12)9-5-6-11-16-10(15)8-17(11)7-9/h5-8H,15H2,1-4H3. The van der Waals surface area contributed by atoms with Gasteiger partial charge in [-0.1, -0.05) is 6.07 Å². The largest absolute Gasteiger partial charge is 0.496 e.